The van der Waals surface area contributed by atoms with Gasteiger partial charge in [-0.2, -0.15) is 0 Å². The van der Waals surface area contributed by atoms with Crippen molar-refractivity contribution >= 4 is 11.8 Å². The van der Waals surface area contributed by atoms with Crippen LogP contribution in [0.15, 0.2) is 54.6 Å². The third-order valence-corrected chi connectivity index (χ3v) is 6.23. The molecule has 0 aliphatic carbocycles. The molecule has 2 unspecified atom stereocenters. The van der Waals surface area contributed by atoms with Crippen LogP contribution in [0.2, 0.25) is 0 Å². The molecule has 1 heterocycles. The Morgan fingerprint density at radius 3 is 2.19 bits per heavy atom. The highest BCUT2D eigenvalue weighted by Crippen LogP contribution is 2.18. The van der Waals surface area contributed by atoms with Crippen LogP contribution in [0, 0.1) is 5.92 Å². The topological polar surface area (TPSA) is 79.9 Å². The van der Waals surface area contributed by atoms with Gasteiger partial charge in [0.2, 0.25) is 11.8 Å². The Morgan fingerprint density at radius 1 is 0.946 bits per heavy atom. The first-order valence-electron chi connectivity index (χ1n) is 13.3. The zero-order chi connectivity index (χ0) is 26.8. The number of hydrogen-bond donors (Lipinski definition) is 2. The molecule has 0 aromatic heterocycles. The monoisotopic (exact) mass is 509 g/mol. The molecule has 2 amide bonds. The van der Waals surface area contributed by atoms with Crippen LogP contribution >= 0.6 is 0 Å². The van der Waals surface area contributed by atoms with Crippen molar-refractivity contribution in [2.24, 2.45) is 5.92 Å². The molecule has 2 atom stereocenters. The number of morpholine rings is 1. The molecule has 202 valence electrons. The van der Waals surface area contributed by atoms with Gasteiger partial charge in [0.1, 0.15) is 18.4 Å². The van der Waals surface area contributed by atoms with Gasteiger partial charge in [-0.05, 0) is 56.4 Å². The van der Waals surface area contributed by atoms with Gasteiger partial charge < -0.3 is 20.1 Å². The van der Waals surface area contributed by atoms with Gasteiger partial charge >= 0.3 is 0 Å². The van der Waals surface area contributed by atoms with Crippen molar-refractivity contribution in [3.8, 4) is 5.75 Å². The number of ether oxygens (including phenoxy) is 2. The molecule has 1 aliphatic heterocycles. The average molecular weight is 510 g/mol. The zero-order valence-electron chi connectivity index (χ0n) is 23.0. The highest BCUT2D eigenvalue weighted by Gasteiger charge is 2.32. The average Bonchev–Trinajstić information content (AvgIpc) is 2.86. The number of nitrogens with one attached hydrogen (secondary N) is 2. The van der Waals surface area contributed by atoms with Crippen LogP contribution in [0.4, 0.5) is 0 Å². The molecular weight excluding hydrogens is 466 g/mol. The van der Waals surface area contributed by atoms with E-state index in [1.165, 1.54) is 0 Å². The molecule has 2 aromatic rings. The minimum Gasteiger partial charge on any atom is -0.489 e. The van der Waals surface area contributed by atoms with E-state index in [-0.39, 0.29) is 17.9 Å². The second-order valence-electron chi connectivity index (χ2n) is 11.2. The third kappa shape index (κ3) is 9.82. The molecule has 0 radical (unpaired) electrons. The number of rotatable bonds is 11. The molecule has 7 heteroatoms. The fourth-order valence-electron chi connectivity index (χ4n) is 4.39. The van der Waals surface area contributed by atoms with Crippen LogP contribution in [0.5, 0.6) is 5.75 Å². The number of nitrogens with zero attached hydrogens (tertiary/aromatic N) is 1. The van der Waals surface area contributed by atoms with Crippen molar-refractivity contribution in [3.63, 3.8) is 0 Å². The van der Waals surface area contributed by atoms with E-state index < -0.39 is 11.6 Å². The minimum atomic E-state index is -0.682. The van der Waals surface area contributed by atoms with Crippen molar-refractivity contribution in [2.45, 2.75) is 71.7 Å². The molecule has 2 N–H and O–H groups in total. The molecule has 3 rings (SSSR count). The maximum absolute atomic E-state index is 13.5. The lowest BCUT2D eigenvalue weighted by molar-refractivity contribution is -0.134. The van der Waals surface area contributed by atoms with Crippen molar-refractivity contribution in [1.82, 2.24) is 15.5 Å². The molecule has 0 bridgehead atoms. The fourth-order valence-corrected chi connectivity index (χ4v) is 4.39. The van der Waals surface area contributed by atoms with Crippen molar-refractivity contribution < 1.29 is 19.1 Å². The van der Waals surface area contributed by atoms with Crippen molar-refractivity contribution in [3.05, 3.63) is 65.7 Å². The summed E-state index contributed by atoms with van der Waals surface area (Å²) in [6, 6.07) is 16.8. The van der Waals surface area contributed by atoms with E-state index in [9.17, 15) is 9.59 Å². The van der Waals surface area contributed by atoms with Crippen LogP contribution < -0.4 is 15.4 Å². The maximum atomic E-state index is 13.5. The number of hydrogen-bond acceptors (Lipinski definition) is 5. The number of benzene rings is 2. The first-order valence-corrected chi connectivity index (χ1v) is 13.3. The summed E-state index contributed by atoms with van der Waals surface area (Å²) in [5.41, 5.74) is 1.65. The normalized spacial score (nSPS) is 16.2. The summed E-state index contributed by atoms with van der Waals surface area (Å²) in [5, 5.41) is 6.13. The highest BCUT2D eigenvalue weighted by atomic mass is 16.5. The Morgan fingerprint density at radius 2 is 1.59 bits per heavy atom. The van der Waals surface area contributed by atoms with E-state index in [1.54, 1.807) is 0 Å². The lowest BCUT2D eigenvalue weighted by Crippen LogP contribution is -2.58. The van der Waals surface area contributed by atoms with Gasteiger partial charge in [0.15, 0.2) is 0 Å². The predicted molar refractivity (Wildman–Crippen MR) is 146 cm³/mol. The first-order chi connectivity index (χ1) is 17.6. The Hall–Kier alpha value is -2.90. The fraction of sp³-hybridized carbons (Fsp3) is 0.533. The molecule has 0 spiro atoms. The second kappa shape index (κ2) is 13.6. The predicted octanol–water partition coefficient (Wildman–Crippen LogP) is 3.95. The lowest BCUT2D eigenvalue weighted by Gasteiger charge is -2.35. The summed E-state index contributed by atoms with van der Waals surface area (Å²) in [4.78, 5) is 29.0. The van der Waals surface area contributed by atoms with Gasteiger partial charge in [-0.15, -0.1) is 0 Å². The summed E-state index contributed by atoms with van der Waals surface area (Å²) in [7, 11) is 0. The Balaban J connectivity index is 1.70. The quantitative estimate of drug-likeness (QED) is 0.480. The maximum Gasteiger partial charge on any atom is 0.243 e. The van der Waals surface area contributed by atoms with Crippen LogP contribution in [0.1, 0.15) is 52.2 Å². The molecule has 7 nitrogen and oxygen atoms in total. The van der Waals surface area contributed by atoms with Crippen LogP contribution in [-0.2, 0) is 27.4 Å². The minimum absolute atomic E-state index is 0.104. The molecule has 1 fully saturated rings. The molecule has 0 saturated carbocycles. The van der Waals surface area contributed by atoms with Crippen LogP contribution in [-0.4, -0.2) is 60.6 Å². The van der Waals surface area contributed by atoms with Gasteiger partial charge in [-0.1, -0.05) is 56.3 Å². The second-order valence-corrected chi connectivity index (χ2v) is 11.2. The summed E-state index contributed by atoms with van der Waals surface area (Å²) < 4.78 is 11.4. The SMILES string of the molecule is CC(C)CC(C(=O)NC(Cc1ccc(OCc2ccccc2)cc1)C(=O)NC(C)(C)C)N1CCOCC1. The number of amides is 2. The van der Waals surface area contributed by atoms with Crippen molar-refractivity contribution in [1.29, 1.82) is 0 Å². The summed E-state index contributed by atoms with van der Waals surface area (Å²) >= 11 is 0. The Kier molecular flexibility index (Phi) is 10.5. The first kappa shape index (κ1) is 28.7. The van der Waals surface area contributed by atoms with E-state index in [4.69, 9.17) is 9.47 Å². The molecular formula is C30H43N3O4. The van der Waals surface area contributed by atoms with Crippen LogP contribution in [0.3, 0.4) is 0 Å². The zero-order valence-corrected chi connectivity index (χ0v) is 23.0. The Labute approximate surface area is 221 Å². The standard InChI is InChI=1S/C30H43N3O4/c1-22(2)19-27(33-15-17-36-18-16-33)29(35)31-26(28(34)32-30(3,4)5)20-23-11-13-25(14-12-23)37-21-24-9-7-6-8-10-24/h6-14,22,26-27H,15-21H2,1-5H3,(H,31,35)(H,32,34). The number of carbonyl (C=O) groups excluding carboxylic acids is 2. The van der Waals surface area contributed by atoms with E-state index in [1.807, 2.05) is 75.4 Å². The smallest absolute Gasteiger partial charge is 0.243 e. The summed E-state index contributed by atoms with van der Waals surface area (Å²) in [6.45, 7) is 13.2. The molecule has 1 aliphatic rings. The lowest BCUT2D eigenvalue weighted by atomic mass is 9.99. The van der Waals surface area contributed by atoms with Gasteiger partial charge in [0.25, 0.3) is 0 Å². The van der Waals surface area contributed by atoms with Gasteiger partial charge in [-0.3, -0.25) is 14.5 Å². The summed E-state index contributed by atoms with van der Waals surface area (Å²) in [6.07, 6.45) is 1.12. The van der Waals surface area contributed by atoms with Gasteiger partial charge in [0.05, 0.1) is 19.3 Å². The molecule has 37 heavy (non-hydrogen) atoms. The highest BCUT2D eigenvalue weighted by molar-refractivity contribution is 5.90. The number of carbonyl (C=O) groups is 2. The van der Waals surface area contributed by atoms with Gasteiger partial charge in [-0.25, -0.2) is 0 Å². The Bertz CT molecular complexity index is 980. The van der Waals surface area contributed by atoms with E-state index in [2.05, 4.69) is 29.4 Å². The third-order valence-electron chi connectivity index (χ3n) is 6.23. The van der Waals surface area contributed by atoms with Crippen molar-refractivity contribution in [2.75, 3.05) is 26.3 Å². The van der Waals surface area contributed by atoms with Gasteiger partial charge in [0, 0.05) is 25.0 Å². The van der Waals surface area contributed by atoms with E-state index >= 15 is 0 Å². The largest absolute Gasteiger partial charge is 0.489 e. The van der Waals surface area contributed by atoms with E-state index in [0.29, 0.717) is 45.2 Å². The van der Waals surface area contributed by atoms with E-state index in [0.717, 1.165) is 23.3 Å². The molecule has 2 aromatic carbocycles. The van der Waals surface area contributed by atoms with Crippen LogP contribution in [0.25, 0.3) is 0 Å². The summed E-state index contributed by atoms with van der Waals surface area (Å²) in [5.74, 6) is 0.823. The molecule has 1 saturated heterocycles.